The molecule has 2 aromatic heterocycles. The number of hydrogen-bond acceptors (Lipinski definition) is 3. The van der Waals surface area contributed by atoms with Gasteiger partial charge < -0.3 is 14.8 Å². The summed E-state index contributed by atoms with van der Waals surface area (Å²) in [6, 6.07) is 8.36. The molecule has 7 nitrogen and oxygen atoms in total. The van der Waals surface area contributed by atoms with Crippen LogP contribution in [0.4, 0.5) is 0 Å². The Balaban J connectivity index is 0.00000225. The van der Waals surface area contributed by atoms with E-state index >= 15 is 0 Å². The van der Waals surface area contributed by atoms with E-state index in [1.165, 1.54) is 11.1 Å². The first-order valence-electron chi connectivity index (χ1n) is 9.25. The van der Waals surface area contributed by atoms with Gasteiger partial charge in [0.1, 0.15) is 0 Å². The van der Waals surface area contributed by atoms with E-state index in [4.69, 9.17) is 0 Å². The van der Waals surface area contributed by atoms with Crippen molar-refractivity contribution in [3.8, 4) is 5.69 Å². The molecule has 1 aliphatic rings. The quantitative estimate of drug-likeness (QED) is 0.347. The number of hydrogen-bond donors (Lipinski definition) is 1. The minimum atomic E-state index is 0. The minimum absolute atomic E-state index is 0. The van der Waals surface area contributed by atoms with E-state index in [9.17, 15) is 0 Å². The first-order chi connectivity index (χ1) is 13.2. The number of nitrogens with zero attached hydrogens (tertiary/aromatic N) is 6. The summed E-state index contributed by atoms with van der Waals surface area (Å²) in [5.41, 5.74) is 3.65. The number of likely N-dealkylation sites (tertiary alicyclic amines) is 1. The number of halogens is 1. The van der Waals surface area contributed by atoms with Crippen LogP contribution in [-0.4, -0.2) is 50.3 Å². The van der Waals surface area contributed by atoms with Gasteiger partial charge in [-0.15, -0.1) is 24.0 Å². The molecule has 0 bridgehead atoms. The fourth-order valence-electron chi connectivity index (χ4n) is 3.70. The fourth-order valence-corrected chi connectivity index (χ4v) is 3.70. The topological polar surface area (TPSA) is 63.3 Å². The second-order valence-electron chi connectivity index (χ2n) is 6.88. The molecule has 0 aliphatic carbocycles. The zero-order valence-corrected chi connectivity index (χ0v) is 18.5. The lowest BCUT2D eigenvalue weighted by molar-refractivity contribution is 0.485. The molecular formula is C20H26IN7. The van der Waals surface area contributed by atoms with Crippen LogP contribution in [0, 0.1) is 0 Å². The lowest BCUT2D eigenvalue weighted by atomic mass is 10.0. The van der Waals surface area contributed by atoms with Gasteiger partial charge in [-0.3, -0.25) is 9.67 Å². The molecule has 1 N–H and O–H groups in total. The Labute approximate surface area is 182 Å². The van der Waals surface area contributed by atoms with Crippen LogP contribution in [0.1, 0.15) is 23.5 Å². The normalized spacial score (nSPS) is 16.9. The van der Waals surface area contributed by atoms with Crippen LogP contribution >= 0.6 is 24.0 Å². The van der Waals surface area contributed by atoms with Crippen molar-refractivity contribution in [3.05, 3.63) is 66.5 Å². The highest BCUT2D eigenvalue weighted by Crippen LogP contribution is 2.26. The highest BCUT2D eigenvalue weighted by molar-refractivity contribution is 14.0. The van der Waals surface area contributed by atoms with Gasteiger partial charge in [-0.05, 0) is 23.6 Å². The van der Waals surface area contributed by atoms with Crippen molar-refractivity contribution in [2.24, 2.45) is 12.0 Å². The number of imidazole rings is 1. The van der Waals surface area contributed by atoms with Crippen molar-refractivity contribution in [1.29, 1.82) is 0 Å². The molecule has 0 amide bonds. The molecule has 3 aromatic rings. The van der Waals surface area contributed by atoms with Crippen LogP contribution in [0.15, 0.2) is 60.4 Å². The molecular weight excluding hydrogens is 465 g/mol. The number of aryl methyl sites for hydroxylation is 1. The molecule has 0 radical (unpaired) electrons. The maximum absolute atomic E-state index is 4.50. The second-order valence-corrected chi connectivity index (χ2v) is 6.88. The van der Waals surface area contributed by atoms with Crippen LogP contribution in [0.25, 0.3) is 5.69 Å². The van der Waals surface area contributed by atoms with Gasteiger partial charge >= 0.3 is 0 Å². The van der Waals surface area contributed by atoms with E-state index in [2.05, 4.69) is 49.7 Å². The van der Waals surface area contributed by atoms with Gasteiger partial charge in [-0.1, -0.05) is 18.2 Å². The van der Waals surface area contributed by atoms with Gasteiger partial charge in [-0.25, -0.2) is 4.98 Å². The molecule has 1 fully saturated rings. The number of para-hydroxylation sites is 1. The summed E-state index contributed by atoms with van der Waals surface area (Å²) >= 11 is 0. The number of guanidine groups is 1. The molecule has 1 aliphatic heterocycles. The number of aromatic nitrogens is 4. The number of rotatable bonds is 4. The third-order valence-electron chi connectivity index (χ3n) is 5.11. The maximum Gasteiger partial charge on any atom is 0.193 e. The van der Waals surface area contributed by atoms with Crippen molar-refractivity contribution < 1.29 is 0 Å². The molecule has 4 rings (SSSR count). The molecule has 1 saturated heterocycles. The Morgan fingerprint density at radius 3 is 2.89 bits per heavy atom. The second kappa shape index (κ2) is 9.22. The smallest absolute Gasteiger partial charge is 0.193 e. The fraction of sp³-hybridized carbons (Fsp3) is 0.350. The van der Waals surface area contributed by atoms with Gasteiger partial charge in [0.2, 0.25) is 0 Å². The van der Waals surface area contributed by atoms with E-state index in [-0.39, 0.29) is 24.0 Å². The lowest BCUT2D eigenvalue weighted by Gasteiger charge is -2.22. The summed E-state index contributed by atoms with van der Waals surface area (Å²) in [6.45, 7) is 2.69. The largest absolute Gasteiger partial charge is 0.352 e. The molecule has 0 saturated carbocycles. The van der Waals surface area contributed by atoms with Crippen LogP contribution in [0.3, 0.4) is 0 Å². The zero-order valence-electron chi connectivity index (χ0n) is 16.2. The summed E-state index contributed by atoms with van der Waals surface area (Å²) < 4.78 is 3.91. The van der Waals surface area contributed by atoms with E-state index in [0.29, 0.717) is 5.92 Å². The Hall–Kier alpha value is -2.36. The van der Waals surface area contributed by atoms with Crippen LogP contribution < -0.4 is 5.32 Å². The van der Waals surface area contributed by atoms with Gasteiger partial charge in [0.15, 0.2) is 5.96 Å². The number of benzene rings is 1. The number of aliphatic imine (C=N–C) groups is 1. The van der Waals surface area contributed by atoms with Crippen molar-refractivity contribution in [2.45, 2.75) is 18.9 Å². The highest BCUT2D eigenvalue weighted by Gasteiger charge is 2.26. The van der Waals surface area contributed by atoms with Gasteiger partial charge in [0.25, 0.3) is 0 Å². The number of nitrogens with one attached hydrogen (secondary N) is 1. The summed E-state index contributed by atoms with van der Waals surface area (Å²) in [5.74, 6) is 1.46. The minimum Gasteiger partial charge on any atom is -0.352 e. The third-order valence-corrected chi connectivity index (χ3v) is 5.11. The zero-order chi connectivity index (χ0) is 18.6. The monoisotopic (exact) mass is 491 g/mol. The third kappa shape index (κ3) is 4.37. The molecule has 1 atom stereocenters. The Bertz CT molecular complexity index is 916. The summed E-state index contributed by atoms with van der Waals surface area (Å²) in [5, 5.41) is 7.83. The van der Waals surface area contributed by atoms with E-state index in [1.807, 2.05) is 48.1 Å². The molecule has 1 aromatic carbocycles. The summed E-state index contributed by atoms with van der Waals surface area (Å²) in [4.78, 5) is 11.0. The Kier molecular flexibility index (Phi) is 6.71. The average Bonchev–Trinajstić information content (AvgIpc) is 3.44. The standard InChI is InChI=1S/C20H25N7.HI/c1-21-20(26-9-7-17(14-26)18-12-24-25(2)13-18)23-11-16-5-3-4-6-19(16)27-10-8-22-15-27;/h3-6,8,10,12-13,15,17H,7,9,11,14H2,1-2H3,(H,21,23);1H. The van der Waals surface area contributed by atoms with E-state index in [0.717, 1.165) is 37.7 Å². The predicted molar refractivity (Wildman–Crippen MR) is 121 cm³/mol. The molecule has 1 unspecified atom stereocenters. The van der Waals surface area contributed by atoms with Crippen LogP contribution in [0.2, 0.25) is 0 Å². The predicted octanol–water partition coefficient (Wildman–Crippen LogP) is 2.79. The highest BCUT2D eigenvalue weighted by atomic mass is 127. The summed E-state index contributed by atoms with van der Waals surface area (Å²) in [7, 11) is 3.82. The first kappa shape index (κ1) is 20.4. The van der Waals surface area contributed by atoms with Gasteiger partial charge in [0, 0.05) is 58.2 Å². The Morgan fingerprint density at radius 2 is 2.18 bits per heavy atom. The summed E-state index contributed by atoms with van der Waals surface area (Å²) in [6.07, 6.45) is 10.8. The van der Waals surface area contributed by atoms with E-state index in [1.54, 1.807) is 6.20 Å². The van der Waals surface area contributed by atoms with Gasteiger partial charge in [0.05, 0.1) is 18.2 Å². The van der Waals surface area contributed by atoms with Crippen molar-refractivity contribution in [2.75, 3.05) is 20.1 Å². The average molecular weight is 491 g/mol. The van der Waals surface area contributed by atoms with Crippen molar-refractivity contribution in [3.63, 3.8) is 0 Å². The Morgan fingerprint density at radius 1 is 1.32 bits per heavy atom. The van der Waals surface area contributed by atoms with Gasteiger partial charge in [-0.2, -0.15) is 5.10 Å². The molecule has 28 heavy (non-hydrogen) atoms. The maximum atomic E-state index is 4.50. The van der Waals surface area contributed by atoms with Crippen molar-refractivity contribution in [1.82, 2.24) is 29.5 Å². The van der Waals surface area contributed by atoms with E-state index < -0.39 is 0 Å². The SMILES string of the molecule is CN=C(NCc1ccccc1-n1ccnc1)N1CCC(c2cnn(C)c2)C1.I. The molecule has 148 valence electrons. The van der Waals surface area contributed by atoms with Crippen LogP contribution in [0.5, 0.6) is 0 Å². The molecule has 3 heterocycles. The van der Waals surface area contributed by atoms with Crippen molar-refractivity contribution >= 4 is 29.9 Å². The molecule has 0 spiro atoms. The first-order valence-corrected chi connectivity index (χ1v) is 9.25. The van der Waals surface area contributed by atoms with Crippen LogP contribution in [-0.2, 0) is 13.6 Å². The molecule has 8 heteroatoms. The lowest BCUT2D eigenvalue weighted by Crippen LogP contribution is -2.39.